The van der Waals surface area contributed by atoms with Crippen LogP contribution in [0.1, 0.15) is 11.3 Å². The molecule has 0 aliphatic carbocycles. The maximum atomic E-state index is 11.9. The van der Waals surface area contributed by atoms with E-state index < -0.39 is 30.4 Å². The largest absolute Gasteiger partial charge is 0.574 e. The first-order valence-electron chi connectivity index (χ1n) is 4.36. The van der Waals surface area contributed by atoms with Crippen LogP contribution in [-0.4, -0.2) is 27.5 Å². The van der Waals surface area contributed by atoms with Crippen LogP contribution < -0.4 is 4.74 Å². The molecule has 0 saturated carbocycles. The molecule has 5 nitrogen and oxygen atoms in total. The van der Waals surface area contributed by atoms with Crippen LogP contribution >= 0.6 is 0 Å². The molecule has 8 heteroatoms. The Bertz CT molecular complexity index is 445. The van der Waals surface area contributed by atoms with Gasteiger partial charge in [0, 0.05) is 6.07 Å². The van der Waals surface area contributed by atoms with E-state index in [-0.39, 0.29) is 11.3 Å². The van der Waals surface area contributed by atoms with Crippen molar-refractivity contribution in [3.8, 4) is 11.6 Å². The number of aromatic nitrogens is 1. The summed E-state index contributed by atoms with van der Waals surface area (Å²) < 4.78 is 39.3. The highest BCUT2D eigenvalue weighted by Crippen LogP contribution is 2.28. The van der Waals surface area contributed by atoms with E-state index in [1.165, 1.54) is 6.92 Å². The molecule has 0 aliphatic heterocycles. The number of aliphatic carboxylic acids is 1. The molecule has 1 heterocycles. The van der Waals surface area contributed by atoms with Crippen LogP contribution in [0.3, 0.4) is 0 Å². The Balaban J connectivity index is 3.10. The molecule has 1 aromatic rings. The van der Waals surface area contributed by atoms with E-state index in [2.05, 4.69) is 9.72 Å². The highest BCUT2D eigenvalue weighted by molar-refractivity contribution is 5.70. The lowest BCUT2D eigenvalue weighted by molar-refractivity contribution is -0.276. The van der Waals surface area contributed by atoms with E-state index in [4.69, 9.17) is 5.11 Å². The zero-order valence-electron chi connectivity index (χ0n) is 8.58. The van der Waals surface area contributed by atoms with Crippen LogP contribution in [0.2, 0.25) is 0 Å². The Morgan fingerprint density at radius 1 is 1.53 bits per heavy atom. The fraction of sp³-hybridized carbons (Fsp3) is 0.333. The van der Waals surface area contributed by atoms with Crippen molar-refractivity contribution in [2.24, 2.45) is 0 Å². The molecule has 0 spiro atoms. The molecule has 1 aromatic heterocycles. The van der Waals surface area contributed by atoms with Crippen molar-refractivity contribution in [3.05, 3.63) is 17.3 Å². The molecule has 0 atom stereocenters. The van der Waals surface area contributed by atoms with Gasteiger partial charge in [0.2, 0.25) is 5.88 Å². The van der Waals surface area contributed by atoms with Gasteiger partial charge in [0.25, 0.3) is 0 Å². The van der Waals surface area contributed by atoms with Crippen molar-refractivity contribution < 1.29 is 32.9 Å². The number of ether oxygens (including phenoxy) is 1. The highest BCUT2D eigenvalue weighted by Gasteiger charge is 2.32. The third-order valence-corrected chi connectivity index (χ3v) is 1.77. The molecule has 2 N–H and O–H groups in total. The van der Waals surface area contributed by atoms with Crippen molar-refractivity contribution in [2.75, 3.05) is 0 Å². The number of hydrogen-bond donors (Lipinski definition) is 2. The van der Waals surface area contributed by atoms with Gasteiger partial charge < -0.3 is 14.9 Å². The van der Waals surface area contributed by atoms with Gasteiger partial charge in [-0.1, -0.05) is 0 Å². The normalized spacial score (nSPS) is 11.3. The number of halogens is 3. The lowest BCUT2D eigenvalue weighted by atomic mass is 10.2. The molecule has 0 bridgehead atoms. The van der Waals surface area contributed by atoms with Gasteiger partial charge in [-0.2, -0.15) is 0 Å². The van der Waals surface area contributed by atoms with Crippen molar-refractivity contribution in [2.45, 2.75) is 19.7 Å². The molecule has 0 saturated heterocycles. The van der Waals surface area contributed by atoms with E-state index >= 15 is 0 Å². The van der Waals surface area contributed by atoms with E-state index in [0.717, 1.165) is 6.07 Å². The Kier molecular flexibility index (Phi) is 3.45. The van der Waals surface area contributed by atoms with E-state index in [1.54, 1.807) is 0 Å². The molecule has 0 radical (unpaired) electrons. The number of rotatable bonds is 3. The number of aromatic hydroxyl groups is 1. The zero-order chi connectivity index (χ0) is 13.2. The van der Waals surface area contributed by atoms with E-state index in [0.29, 0.717) is 0 Å². The minimum Gasteiger partial charge on any atom is -0.506 e. The average molecular weight is 251 g/mol. The third-order valence-electron chi connectivity index (χ3n) is 1.77. The monoisotopic (exact) mass is 251 g/mol. The summed E-state index contributed by atoms with van der Waals surface area (Å²) in [5, 5.41) is 17.9. The van der Waals surface area contributed by atoms with Crippen LogP contribution in [0.5, 0.6) is 11.6 Å². The lowest BCUT2D eigenvalue weighted by Crippen LogP contribution is -2.18. The Morgan fingerprint density at radius 3 is 2.59 bits per heavy atom. The Labute approximate surface area is 93.5 Å². The fourth-order valence-electron chi connectivity index (χ4n) is 1.14. The molecule has 0 amide bonds. The topological polar surface area (TPSA) is 79.7 Å². The lowest BCUT2D eigenvalue weighted by Gasteiger charge is -2.11. The van der Waals surface area contributed by atoms with Gasteiger partial charge in [-0.15, -0.1) is 13.2 Å². The summed E-state index contributed by atoms with van der Waals surface area (Å²) in [6.07, 6.45) is -5.61. The van der Waals surface area contributed by atoms with Crippen molar-refractivity contribution in [1.82, 2.24) is 4.98 Å². The molecule has 0 unspecified atom stereocenters. The van der Waals surface area contributed by atoms with Crippen molar-refractivity contribution in [3.63, 3.8) is 0 Å². The summed E-state index contributed by atoms with van der Waals surface area (Å²) >= 11 is 0. The number of carbonyl (C=O) groups is 1. The molecule has 94 valence electrons. The summed E-state index contributed by atoms with van der Waals surface area (Å²) in [4.78, 5) is 13.7. The number of carboxylic acid groups (broad SMARTS) is 1. The SMILES string of the molecule is Cc1cc(OC(F)(F)F)nc(CC(=O)O)c1O. The molecular formula is C9H8F3NO4. The molecular weight excluding hydrogens is 243 g/mol. The van der Waals surface area contributed by atoms with Gasteiger partial charge in [-0.3, -0.25) is 4.79 Å². The highest BCUT2D eigenvalue weighted by atomic mass is 19.4. The van der Waals surface area contributed by atoms with Gasteiger partial charge in [0.15, 0.2) is 0 Å². The third kappa shape index (κ3) is 3.82. The van der Waals surface area contributed by atoms with Crippen LogP contribution in [0.25, 0.3) is 0 Å². The first-order valence-corrected chi connectivity index (χ1v) is 4.36. The number of hydrogen-bond acceptors (Lipinski definition) is 4. The van der Waals surface area contributed by atoms with Crippen LogP contribution in [0.4, 0.5) is 13.2 Å². The Morgan fingerprint density at radius 2 is 2.12 bits per heavy atom. The van der Waals surface area contributed by atoms with Crippen LogP contribution in [0.15, 0.2) is 6.07 Å². The first kappa shape index (κ1) is 13.1. The quantitative estimate of drug-likeness (QED) is 0.853. The van der Waals surface area contributed by atoms with Gasteiger partial charge in [-0.05, 0) is 12.5 Å². The van der Waals surface area contributed by atoms with E-state index in [1.807, 2.05) is 0 Å². The summed E-state index contributed by atoms with van der Waals surface area (Å²) in [6, 6.07) is 0.869. The summed E-state index contributed by atoms with van der Waals surface area (Å²) in [5.74, 6) is -2.58. The van der Waals surface area contributed by atoms with Gasteiger partial charge in [0.05, 0.1) is 12.1 Å². The zero-order valence-corrected chi connectivity index (χ0v) is 8.58. The standard InChI is InChI=1S/C9H8F3NO4/c1-4-2-6(17-9(10,11)12)13-5(8(4)16)3-7(14)15/h2,16H,3H2,1H3,(H,14,15). The maximum Gasteiger partial charge on any atom is 0.574 e. The number of aryl methyl sites for hydroxylation is 1. The number of carboxylic acids is 1. The summed E-state index contributed by atoms with van der Waals surface area (Å²) in [6.45, 7) is 1.31. The Hall–Kier alpha value is -1.99. The van der Waals surface area contributed by atoms with Gasteiger partial charge >= 0.3 is 12.3 Å². The second-order valence-electron chi connectivity index (χ2n) is 3.19. The predicted octanol–water partition coefficient (Wildman–Crippen LogP) is 1.62. The second kappa shape index (κ2) is 4.48. The van der Waals surface area contributed by atoms with Crippen LogP contribution in [0, 0.1) is 6.92 Å². The van der Waals surface area contributed by atoms with Crippen molar-refractivity contribution >= 4 is 5.97 Å². The number of pyridine rings is 1. The molecule has 0 aliphatic rings. The molecule has 1 rings (SSSR count). The number of nitrogens with zero attached hydrogens (tertiary/aromatic N) is 1. The second-order valence-corrected chi connectivity index (χ2v) is 3.19. The predicted molar refractivity (Wildman–Crippen MR) is 48.7 cm³/mol. The molecule has 0 aromatic carbocycles. The summed E-state index contributed by atoms with van der Waals surface area (Å²) in [5.41, 5.74) is -0.327. The van der Waals surface area contributed by atoms with Gasteiger partial charge in [-0.25, -0.2) is 4.98 Å². The minimum atomic E-state index is -4.92. The first-order chi connectivity index (χ1) is 7.69. The maximum absolute atomic E-state index is 11.9. The smallest absolute Gasteiger partial charge is 0.506 e. The average Bonchev–Trinajstić information content (AvgIpc) is 2.09. The molecule has 0 fully saturated rings. The number of alkyl halides is 3. The fourth-order valence-corrected chi connectivity index (χ4v) is 1.14. The van der Waals surface area contributed by atoms with Gasteiger partial charge in [0.1, 0.15) is 5.75 Å². The van der Waals surface area contributed by atoms with Crippen LogP contribution in [-0.2, 0) is 11.2 Å². The summed E-state index contributed by atoms with van der Waals surface area (Å²) in [7, 11) is 0. The van der Waals surface area contributed by atoms with Crippen molar-refractivity contribution in [1.29, 1.82) is 0 Å². The minimum absolute atomic E-state index is 0.0514. The van der Waals surface area contributed by atoms with E-state index in [9.17, 15) is 23.1 Å². The molecule has 17 heavy (non-hydrogen) atoms.